The summed E-state index contributed by atoms with van der Waals surface area (Å²) in [5.41, 5.74) is 2.05. The van der Waals surface area contributed by atoms with Crippen LogP contribution in [0.25, 0.3) is 0 Å². The van der Waals surface area contributed by atoms with Gasteiger partial charge in [0.15, 0.2) is 12.2 Å². The van der Waals surface area contributed by atoms with Crippen LogP contribution in [0, 0.1) is 5.92 Å². The smallest absolute Gasteiger partial charge is 0.305 e. The molecule has 11 heteroatoms. The zero-order valence-corrected chi connectivity index (χ0v) is 27.7. The van der Waals surface area contributed by atoms with Gasteiger partial charge in [-0.2, -0.15) is 0 Å². The van der Waals surface area contributed by atoms with Crippen molar-refractivity contribution in [3.63, 3.8) is 0 Å². The van der Waals surface area contributed by atoms with Crippen molar-refractivity contribution in [3.05, 3.63) is 95.6 Å². The van der Waals surface area contributed by atoms with Gasteiger partial charge in [-0.1, -0.05) is 55.5 Å². The Kier molecular flexibility index (Phi) is 9.84. The van der Waals surface area contributed by atoms with Crippen molar-refractivity contribution in [2.45, 2.75) is 57.2 Å². The van der Waals surface area contributed by atoms with Crippen molar-refractivity contribution < 1.29 is 38.9 Å². The van der Waals surface area contributed by atoms with Crippen LogP contribution in [0.1, 0.15) is 49.3 Å². The van der Waals surface area contributed by atoms with Crippen molar-refractivity contribution in [3.8, 4) is 5.75 Å². The minimum absolute atomic E-state index is 0.0243. The molecule has 0 unspecified atom stereocenters. The third kappa shape index (κ3) is 6.43. The average Bonchev–Trinajstić information content (AvgIpc) is 3.34. The molecule has 2 N–H and O–H groups in total. The van der Waals surface area contributed by atoms with E-state index in [1.54, 1.807) is 60.4 Å². The topological polar surface area (TPSA) is 137 Å². The van der Waals surface area contributed by atoms with E-state index >= 15 is 0 Å². The minimum atomic E-state index is -2.00. The van der Waals surface area contributed by atoms with Crippen LogP contribution in [0.3, 0.4) is 0 Å². The van der Waals surface area contributed by atoms with Crippen LogP contribution in [0.15, 0.2) is 78.9 Å². The first-order valence-electron chi connectivity index (χ1n) is 16.6. The van der Waals surface area contributed by atoms with E-state index in [1.807, 2.05) is 30.3 Å². The van der Waals surface area contributed by atoms with Gasteiger partial charge in [0.25, 0.3) is 11.8 Å². The Labute approximate surface area is 285 Å². The van der Waals surface area contributed by atoms with E-state index in [2.05, 4.69) is 0 Å². The highest BCUT2D eigenvalue weighted by molar-refractivity contribution is 6.09. The Morgan fingerprint density at radius 1 is 1.04 bits per heavy atom. The van der Waals surface area contributed by atoms with Crippen LogP contribution in [0.4, 0.5) is 17.1 Å². The molecular weight excluding hydrogens is 626 g/mol. The molecular formula is C38H41N3O8. The Morgan fingerprint density at radius 2 is 1.80 bits per heavy atom. The predicted octanol–water partition coefficient (Wildman–Crippen LogP) is 4.15. The highest BCUT2D eigenvalue weighted by atomic mass is 16.5. The second-order valence-electron chi connectivity index (χ2n) is 12.7. The predicted molar refractivity (Wildman–Crippen MR) is 182 cm³/mol. The number of unbranched alkanes of at least 4 members (excludes halogenated alkanes) is 1. The number of ether oxygens (including phenoxy) is 2. The first kappa shape index (κ1) is 33.9. The van der Waals surface area contributed by atoms with E-state index in [0.29, 0.717) is 54.2 Å². The van der Waals surface area contributed by atoms with E-state index in [4.69, 9.17) is 9.47 Å². The number of benzene rings is 3. The van der Waals surface area contributed by atoms with Crippen LogP contribution < -0.4 is 14.5 Å². The summed E-state index contributed by atoms with van der Waals surface area (Å²) in [6.45, 7) is 2.07. The first-order valence-corrected chi connectivity index (χ1v) is 16.6. The van der Waals surface area contributed by atoms with Crippen molar-refractivity contribution in [1.29, 1.82) is 0 Å². The highest BCUT2D eigenvalue weighted by Crippen LogP contribution is 2.48. The molecule has 0 saturated carbocycles. The van der Waals surface area contributed by atoms with Crippen molar-refractivity contribution in [2.24, 2.45) is 5.92 Å². The summed E-state index contributed by atoms with van der Waals surface area (Å²) < 4.78 is 10.4. The van der Waals surface area contributed by atoms with E-state index in [-0.39, 0.29) is 56.4 Å². The number of hydrogen-bond donors (Lipinski definition) is 2. The van der Waals surface area contributed by atoms with Gasteiger partial charge in [0.05, 0.1) is 31.1 Å². The van der Waals surface area contributed by atoms with Gasteiger partial charge in [-0.3, -0.25) is 24.1 Å². The second kappa shape index (κ2) is 14.2. The van der Waals surface area contributed by atoms with Gasteiger partial charge in [0.2, 0.25) is 5.91 Å². The molecule has 11 nitrogen and oxygen atoms in total. The number of aliphatic hydroxyl groups excluding tert-OH is 1. The molecule has 0 aromatic heterocycles. The van der Waals surface area contributed by atoms with Gasteiger partial charge < -0.3 is 29.5 Å². The maximum atomic E-state index is 14.2. The van der Waals surface area contributed by atoms with E-state index in [0.717, 1.165) is 11.1 Å². The standard InChI is InChI=1S/C38H41N3O8/c1-25(10-9-15-34(43)40-22-27-12-4-3-11-26(27)20-29(40)23-42)38(47)30-21-28(41-32-13-5-6-14-33(32)49-24-35(41)44)17-18-31(30)39(37(38)46)19-8-7-16-36(45)48-2/h3-6,9-14,17-18,21,25,29,42,47H,7-8,15-16,19-20,22-24H2,1-2H3/b10-9+/t25-,29+,38+/m1/s1. The quantitative estimate of drug-likeness (QED) is 0.177. The number of para-hydroxylation sites is 2. The molecule has 0 bridgehead atoms. The van der Waals surface area contributed by atoms with Crippen LogP contribution in [-0.2, 0) is 42.5 Å². The summed E-state index contributed by atoms with van der Waals surface area (Å²) in [4.78, 5) is 57.1. The SMILES string of the molecule is COC(=O)CCCCN1C(=O)[C@](O)([C@H](C)/C=C/CC(=O)N2Cc3ccccc3C[C@H]2CO)c2cc(N3C(=O)COc4ccccc43)ccc21. The molecule has 3 atom stereocenters. The van der Waals surface area contributed by atoms with E-state index in [9.17, 15) is 29.4 Å². The molecule has 3 aliphatic heterocycles. The number of esters is 1. The number of hydrogen-bond acceptors (Lipinski definition) is 8. The average molecular weight is 668 g/mol. The molecule has 6 rings (SSSR count). The summed E-state index contributed by atoms with van der Waals surface area (Å²) in [7, 11) is 1.33. The Morgan fingerprint density at radius 3 is 2.57 bits per heavy atom. The summed E-state index contributed by atoms with van der Waals surface area (Å²) in [5.74, 6) is -1.53. The third-order valence-electron chi connectivity index (χ3n) is 9.72. The second-order valence-corrected chi connectivity index (χ2v) is 12.7. The maximum Gasteiger partial charge on any atom is 0.305 e. The molecule has 3 amide bonds. The van der Waals surface area contributed by atoms with E-state index < -0.39 is 17.4 Å². The number of methoxy groups -OCH3 is 1. The zero-order chi connectivity index (χ0) is 34.7. The molecule has 0 aliphatic carbocycles. The maximum absolute atomic E-state index is 14.2. The molecule has 3 heterocycles. The van der Waals surface area contributed by atoms with Gasteiger partial charge >= 0.3 is 5.97 Å². The lowest BCUT2D eigenvalue weighted by Crippen LogP contribution is -2.46. The fourth-order valence-electron chi connectivity index (χ4n) is 6.99. The Balaban J connectivity index is 1.27. The largest absolute Gasteiger partial charge is 0.482 e. The lowest BCUT2D eigenvalue weighted by atomic mass is 9.82. The molecule has 0 radical (unpaired) electrons. The van der Waals surface area contributed by atoms with Gasteiger partial charge in [-0.15, -0.1) is 0 Å². The van der Waals surface area contributed by atoms with E-state index in [1.165, 1.54) is 16.9 Å². The van der Waals surface area contributed by atoms with Crippen molar-refractivity contribution in [2.75, 3.05) is 36.7 Å². The summed E-state index contributed by atoms with van der Waals surface area (Å²) >= 11 is 0. The van der Waals surface area contributed by atoms with Crippen LogP contribution in [-0.4, -0.2) is 71.7 Å². The fraction of sp³-hybridized carbons (Fsp3) is 0.368. The Hall–Kier alpha value is -5.00. The number of amides is 3. The summed E-state index contributed by atoms with van der Waals surface area (Å²) in [6, 6.07) is 19.9. The van der Waals surface area contributed by atoms with Gasteiger partial charge in [-0.05, 0) is 60.7 Å². The van der Waals surface area contributed by atoms with Crippen molar-refractivity contribution in [1.82, 2.24) is 4.90 Å². The minimum Gasteiger partial charge on any atom is -0.482 e. The van der Waals surface area contributed by atoms with Gasteiger partial charge in [-0.25, -0.2) is 0 Å². The molecule has 0 spiro atoms. The Bertz CT molecular complexity index is 1790. The zero-order valence-electron chi connectivity index (χ0n) is 27.7. The number of rotatable bonds is 11. The number of carbonyl (C=O) groups excluding carboxylic acids is 4. The number of carbonyl (C=O) groups is 4. The molecule has 3 aromatic rings. The number of anilines is 3. The molecule has 3 aliphatic rings. The molecule has 3 aromatic carbocycles. The summed E-state index contributed by atoms with van der Waals surface area (Å²) in [5, 5.41) is 22.4. The third-order valence-corrected chi connectivity index (χ3v) is 9.72. The number of fused-ring (bicyclic) bond motifs is 3. The normalized spacial score (nSPS) is 20.5. The lowest BCUT2D eigenvalue weighted by molar-refractivity contribution is -0.140. The van der Waals surface area contributed by atoms with Crippen LogP contribution in [0.2, 0.25) is 0 Å². The monoisotopic (exact) mass is 667 g/mol. The summed E-state index contributed by atoms with van der Waals surface area (Å²) in [6.07, 6.45) is 5.13. The van der Waals surface area contributed by atoms with Crippen LogP contribution in [0.5, 0.6) is 5.75 Å². The molecule has 49 heavy (non-hydrogen) atoms. The fourth-order valence-corrected chi connectivity index (χ4v) is 6.99. The van der Waals surface area contributed by atoms with Gasteiger partial charge in [0.1, 0.15) is 5.75 Å². The lowest BCUT2D eigenvalue weighted by Gasteiger charge is -2.36. The first-order chi connectivity index (χ1) is 23.7. The number of nitrogens with zero attached hydrogens (tertiary/aromatic N) is 3. The van der Waals surface area contributed by atoms with Crippen LogP contribution >= 0.6 is 0 Å². The highest BCUT2D eigenvalue weighted by Gasteiger charge is 2.52. The molecule has 0 saturated heterocycles. The van der Waals surface area contributed by atoms with Crippen molar-refractivity contribution >= 4 is 40.8 Å². The molecule has 256 valence electrons. The van der Waals surface area contributed by atoms with Gasteiger partial charge in [0, 0.05) is 43.1 Å². The molecule has 0 fully saturated rings. The number of aliphatic hydroxyl groups is 2.